The highest BCUT2D eigenvalue weighted by atomic mass is 16.5. The number of rotatable bonds is 7. The number of hydrogen-bond donors (Lipinski definition) is 0. The van der Waals surface area contributed by atoms with E-state index in [-0.39, 0.29) is 0 Å². The smallest absolute Gasteiger partial charge is 0.0641 e. The highest BCUT2D eigenvalue weighted by molar-refractivity contribution is 5.09. The Morgan fingerprint density at radius 2 is 1.02 bits per heavy atom. The summed E-state index contributed by atoms with van der Waals surface area (Å²) in [5.74, 6) is 11.2. The van der Waals surface area contributed by atoms with E-state index in [1.807, 2.05) is 0 Å². The van der Waals surface area contributed by atoms with Crippen LogP contribution in [-0.2, 0) is 4.74 Å². The lowest BCUT2D eigenvalue weighted by atomic mass is 9.61. The molecule has 0 radical (unpaired) electrons. The van der Waals surface area contributed by atoms with Gasteiger partial charge in [-0.05, 0) is 180 Å². The highest BCUT2D eigenvalue weighted by Gasteiger charge is 2.55. The van der Waals surface area contributed by atoms with Gasteiger partial charge in [-0.25, -0.2) is 0 Å². The topological polar surface area (TPSA) is 12.5 Å². The van der Waals surface area contributed by atoms with E-state index in [2.05, 4.69) is 30.9 Å². The van der Waals surface area contributed by atoms with Crippen LogP contribution in [0.1, 0.15) is 200 Å². The quantitative estimate of drug-likeness (QED) is 0.244. The van der Waals surface area contributed by atoms with Crippen molar-refractivity contribution in [3.8, 4) is 0 Å². The zero-order valence-electron chi connectivity index (χ0n) is 34.3. The maximum absolute atomic E-state index is 7.60. The highest BCUT2D eigenvalue weighted by Crippen LogP contribution is 2.57. The van der Waals surface area contributed by atoms with Crippen LogP contribution in [-0.4, -0.2) is 35.2 Å². The molecule has 14 unspecified atom stereocenters. The van der Waals surface area contributed by atoms with Crippen LogP contribution in [0.15, 0.2) is 12.2 Å². The maximum atomic E-state index is 7.60. The van der Waals surface area contributed by atoms with E-state index >= 15 is 0 Å². The fourth-order valence-corrected chi connectivity index (χ4v) is 16.4. The van der Waals surface area contributed by atoms with Gasteiger partial charge in [-0.3, -0.25) is 4.90 Å². The molecule has 8 fully saturated rings. The number of allylic oxidation sites excluding steroid dienone is 1. The Hall–Kier alpha value is -0.340. The lowest BCUT2D eigenvalue weighted by Gasteiger charge is -2.51. The van der Waals surface area contributed by atoms with Crippen molar-refractivity contribution >= 4 is 0 Å². The zero-order valence-corrected chi connectivity index (χ0v) is 34.3. The Morgan fingerprint density at radius 3 is 1.75 bits per heavy atom. The lowest BCUT2D eigenvalue weighted by molar-refractivity contribution is -0.0873. The molecule has 0 spiro atoms. The van der Waals surface area contributed by atoms with Crippen LogP contribution < -0.4 is 0 Å². The standard InChI is InChI=1S/C50H83NO/c1-34-12-8-16-39(32-34)38-26-30-42(31-27-38)51(41-28-24-37(25-29-41)36-14-4-3-5-15-36)43-18-9-17-40(33-43)45-20-10-22-47-48-23-11-21-46(50(48)52-49(45)47)44-19-7-6-13-35(44)2/h24,28,34-50H,3-23,25-27,29-33H2,1-2H3. The molecule has 7 saturated carbocycles. The first-order valence-electron chi connectivity index (χ1n) is 24.7. The summed E-state index contributed by atoms with van der Waals surface area (Å²) in [5, 5.41) is 0. The second kappa shape index (κ2) is 17.0. The molecule has 0 amide bonds. The van der Waals surface area contributed by atoms with Crippen LogP contribution in [0.5, 0.6) is 0 Å². The molecule has 0 bridgehead atoms. The number of ether oxygens (including phenoxy) is 1. The number of hydrogen-bond acceptors (Lipinski definition) is 2. The van der Waals surface area contributed by atoms with E-state index in [0.29, 0.717) is 18.2 Å². The molecule has 1 heterocycles. The van der Waals surface area contributed by atoms with Gasteiger partial charge in [0.15, 0.2) is 0 Å². The van der Waals surface area contributed by atoms with Crippen molar-refractivity contribution in [2.45, 2.75) is 230 Å². The summed E-state index contributed by atoms with van der Waals surface area (Å²) < 4.78 is 7.60. The zero-order chi connectivity index (χ0) is 35.0. The largest absolute Gasteiger partial charge is 0.374 e. The SMILES string of the molecule is CC1CCCC(C2CCC(N(C3C=CC(C4CCCCC4)CC3)C3CCCC(C4CCCC5C6CCCC(C7CCCCC7C)C6OC45)C3)CC2)C1. The first-order valence-corrected chi connectivity index (χ1v) is 24.7. The average molecular weight is 714 g/mol. The molecule has 9 aliphatic rings. The minimum Gasteiger partial charge on any atom is -0.374 e. The molecular weight excluding hydrogens is 631 g/mol. The van der Waals surface area contributed by atoms with Crippen molar-refractivity contribution in [3.63, 3.8) is 0 Å². The van der Waals surface area contributed by atoms with Gasteiger partial charge < -0.3 is 4.74 Å². The summed E-state index contributed by atoms with van der Waals surface area (Å²) >= 11 is 0. The third-order valence-electron chi connectivity index (χ3n) is 19.0. The molecule has 0 aromatic carbocycles. The van der Waals surface area contributed by atoms with Gasteiger partial charge in [0, 0.05) is 18.1 Å². The van der Waals surface area contributed by atoms with E-state index in [4.69, 9.17) is 4.74 Å². The Morgan fingerprint density at radius 1 is 0.404 bits per heavy atom. The van der Waals surface area contributed by atoms with Crippen molar-refractivity contribution in [2.24, 2.45) is 71.0 Å². The van der Waals surface area contributed by atoms with Crippen molar-refractivity contribution in [2.75, 3.05) is 0 Å². The molecule has 1 saturated heterocycles. The minimum atomic E-state index is 0.597. The van der Waals surface area contributed by atoms with E-state index in [0.717, 1.165) is 83.1 Å². The van der Waals surface area contributed by atoms with Crippen molar-refractivity contribution in [1.29, 1.82) is 0 Å². The average Bonchev–Trinajstić information content (AvgIpc) is 3.59. The minimum absolute atomic E-state index is 0.597. The Labute approximate surface area is 322 Å². The van der Waals surface area contributed by atoms with Gasteiger partial charge in [0.2, 0.25) is 0 Å². The summed E-state index contributed by atoms with van der Waals surface area (Å²) in [5.41, 5.74) is 0. The predicted molar refractivity (Wildman–Crippen MR) is 218 cm³/mol. The van der Waals surface area contributed by atoms with Crippen LogP contribution in [0.2, 0.25) is 0 Å². The monoisotopic (exact) mass is 714 g/mol. The molecule has 8 aliphatic carbocycles. The number of fused-ring (bicyclic) bond motifs is 3. The van der Waals surface area contributed by atoms with E-state index in [9.17, 15) is 0 Å². The molecule has 9 rings (SSSR count). The summed E-state index contributed by atoms with van der Waals surface area (Å²) in [6.45, 7) is 5.15. The predicted octanol–water partition coefficient (Wildman–Crippen LogP) is 13.6. The van der Waals surface area contributed by atoms with Crippen LogP contribution in [0.25, 0.3) is 0 Å². The van der Waals surface area contributed by atoms with Crippen molar-refractivity contribution < 1.29 is 4.74 Å². The Balaban J connectivity index is 0.907. The molecule has 14 atom stereocenters. The second-order valence-corrected chi connectivity index (χ2v) is 21.7. The molecule has 0 aromatic rings. The van der Waals surface area contributed by atoms with Gasteiger partial charge in [-0.15, -0.1) is 0 Å². The molecular formula is C50H83NO. The van der Waals surface area contributed by atoms with Gasteiger partial charge >= 0.3 is 0 Å². The van der Waals surface area contributed by atoms with E-state index in [1.54, 1.807) is 0 Å². The van der Waals surface area contributed by atoms with Crippen LogP contribution >= 0.6 is 0 Å². The molecule has 1 aliphatic heterocycles. The second-order valence-electron chi connectivity index (χ2n) is 21.7. The van der Waals surface area contributed by atoms with Crippen LogP contribution in [0.3, 0.4) is 0 Å². The molecule has 0 N–H and O–H groups in total. The normalized spacial score (nSPS) is 49.4. The maximum Gasteiger partial charge on any atom is 0.0641 e. The molecule has 52 heavy (non-hydrogen) atoms. The van der Waals surface area contributed by atoms with Crippen molar-refractivity contribution in [1.82, 2.24) is 4.90 Å². The van der Waals surface area contributed by atoms with Gasteiger partial charge in [-0.1, -0.05) is 103 Å². The van der Waals surface area contributed by atoms with Gasteiger partial charge in [0.25, 0.3) is 0 Å². The Bertz CT molecular complexity index is 1150. The molecule has 0 aromatic heterocycles. The van der Waals surface area contributed by atoms with Gasteiger partial charge in [-0.2, -0.15) is 0 Å². The first kappa shape index (κ1) is 37.2. The Kier molecular flexibility index (Phi) is 12.2. The van der Waals surface area contributed by atoms with Gasteiger partial charge in [0.05, 0.1) is 12.2 Å². The van der Waals surface area contributed by atoms with E-state index in [1.165, 1.54) is 186 Å². The summed E-state index contributed by atoms with van der Waals surface area (Å²) in [6, 6.07) is 2.36. The number of nitrogens with zero attached hydrogens (tertiary/aromatic N) is 1. The van der Waals surface area contributed by atoms with Gasteiger partial charge in [0.1, 0.15) is 0 Å². The summed E-state index contributed by atoms with van der Waals surface area (Å²) in [6.07, 6.45) is 50.1. The van der Waals surface area contributed by atoms with E-state index < -0.39 is 0 Å². The molecule has 2 heteroatoms. The van der Waals surface area contributed by atoms with Crippen LogP contribution in [0.4, 0.5) is 0 Å². The molecule has 2 nitrogen and oxygen atoms in total. The first-order chi connectivity index (χ1) is 25.6. The van der Waals surface area contributed by atoms with Crippen LogP contribution in [0, 0.1) is 71.0 Å². The van der Waals surface area contributed by atoms with Crippen molar-refractivity contribution in [3.05, 3.63) is 12.2 Å². The third kappa shape index (κ3) is 7.82. The fraction of sp³-hybridized carbons (Fsp3) is 0.960. The lowest BCUT2D eigenvalue weighted by Crippen LogP contribution is -2.53. The summed E-state index contributed by atoms with van der Waals surface area (Å²) in [7, 11) is 0. The fourth-order valence-electron chi connectivity index (χ4n) is 16.4. The summed E-state index contributed by atoms with van der Waals surface area (Å²) in [4.78, 5) is 3.27. The molecule has 294 valence electrons. The third-order valence-corrected chi connectivity index (χ3v) is 19.0.